The van der Waals surface area contributed by atoms with Gasteiger partial charge in [-0.3, -0.25) is 0 Å². The standard InChI is InChI=1S/C8H17N2/c1-10(2)9-8-6-4-3-5-7-8/h8H,3-7H2,1-2H3. The van der Waals surface area contributed by atoms with Crippen molar-refractivity contribution in [3.05, 3.63) is 0 Å². The molecule has 0 atom stereocenters. The van der Waals surface area contributed by atoms with Crippen molar-refractivity contribution in [3.8, 4) is 0 Å². The third-order valence-electron chi connectivity index (χ3n) is 1.97. The minimum Gasteiger partial charge on any atom is -0.233 e. The highest BCUT2D eigenvalue weighted by Gasteiger charge is 2.13. The van der Waals surface area contributed by atoms with Crippen LogP contribution in [0, 0.1) is 0 Å². The van der Waals surface area contributed by atoms with Gasteiger partial charge in [-0.05, 0) is 12.8 Å². The molecule has 0 aromatic rings. The molecule has 0 aliphatic heterocycles. The lowest BCUT2D eigenvalue weighted by Gasteiger charge is -2.23. The molecular formula is C8H17N2. The van der Waals surface area contributed by atoms with Gasteiger partial charge in [-0.25, -0.2) is 5.01 Å². The van der Waals surface area contributed by atoms with E-state index in [-0.39, 0.29) is 0 Å². The summed E-state index contributed by atoms with van der Waals surface area (Å²) in [6, 6.07) is 0.628. The second kappa shape index (κ2) is 3.94. The molecule has 2 nitrogen and oxygen atoms in total. The normalized spacial score (nSPS) is 21.9. The first-order valence-electron chi connectivity index (χ1n) is 4.17. The highest BCUT2D eigenvalue weighted by atomic mass is 15.5. The summed E-state index contributed by atoms with van der Waals surface area (Å²) >= 11 is 0. The summed E-state index contributed by atoms with van der Waals surface area (Å²) < 4.78 is 0. The molecule has 0 heterocycles. The van der Waals surface area contributed by atoms with E-state index < -0.39 is 0 Å². The van der Waals surface area contributed by atoms with Crippen molar-refractivity contribution < 1.29 is 0 Å². The zero-order valence-corrected chi connectivity index (χ0v) is 7.01. The molecular weight excluding hydrogens is 124 g/mol. The van der Waals surface area contributed by atoms with Crippen LogP contribution in [0.1, 0.15) is 32.1 Å². The van der Waals surface area contributed by atoms with Crippen molar-refractivity contribution in [2.45, 2.75) is 38.1 Å². The molecule has 0 aromatic carbocycles. The molecule has 10 heavy (non-hydrogen) atoms. The van der Waals surface area contributed by atoms with E-state index in [1.54, 1.807) is 0 Å². The Morgan fingerprint density at radius 3 is 2.20 bits per heavy atom. The topological polar surface area (TPSA) is 17.3 Å². The van der Waals surface area contributed by atoms with Crippen molar-refractivity contribution in [3.63, 3.8) is 0 Å². The van der Waals surface area contributed by atoms with Gasteiger partial charge in [0.25, 0.3) is 0 Å². The Morgan fingerprint density at radius 2 is 1.70 bits per heavy atom. The first-order chi connectivity index (χ1) is 4.79. The highest BCUT2D eigenvalue weighted by Crippen LogP contribution is 2.17. The zero-order valence-electron chi connectivity index (χ0n) is 7.01. The molecule has 1 radical (unpaired) electrons. The molecule has 0 aromatic heterocycles. The SMILES string of the molecule is CN(C)[N]C1CCCCC1. The predicted molar refractivity (Wildman–Crippen MR) is 42.7 cm³/mol. The monoisotopic (exact) mass is 141 g/mol. The van der Waals surface area contributed by atoms with Gasteiger partial charge in [-0.15, -0.1) is 0 Å². The summed E-state index contributed by atoms with van der Waals surface area (Å²) in [7, 11) is 4.02. The maximum atomic E-state index is 4.47. The van der Waals surface area contributed by atoms with Crippen LogP contribution in [0.2, 0.25) is 0 Å². The first kappa shape index (κ1) is 8.02. The van der Waals surface area contributed by atoms with Gasteiger partial charge in [0, 0.05) is 20.1 Å². The van der Waals surface area contributed by atoms with Crippen LogP contribution < -0.4 is 5.43 Å². The van der Waals surface area contributed by atoms with Crippen molar-refractivity contribution in [2.24, 2.45) is 0 Å². The van der Waals surface area contributed by atoms with Crippen molar-refractivity contribution in [2.75, 3.05) is 14.1 Å². The van der Waals surface area contributed by atoms with Crippen LogP contribution in [-0.4, -0.2) is 25.1 Å². The molecule has 0 unspecified atom stereocenters. The van der Waals surface area contributed by atoms with E-state index >= 15 is 0 Å². The zero-order chi connectivity index (χ0) is 7.40. The lowest BCUT2D eigenvalue weighted by molar-refractivity contribution is 0.198. The highest BCUT2D eigenvalue weighted by molar-refractivity contribution is 4.68. The van der Waals surface area contributed by atoms with Gasteiger partial charge >= 0.3 is 0 Å². The average molecular weight is 141 g/mol. The van der Waals surface area contributed by atoms with E-state index in [2.05, 4.69) is 5.43 Å². The van der Waals surface area contributed by atoms with Crippen LogP contribution in [0.15, 0.2) is 0 Å². The molecule has 0 bridgehead atoms. The summed E-state index contributed by atoms with van der Waals surface area (Å²) in [6.07, 6.45) is 6.78. The summed E-state index contributed by atoms with van der Waals surface area (Å²) in [4.78, 5) is 0. The molecule has 0 saturated heterocycles. The Bertz CT molecular complexity index is 85.3. The summed E-state index contributed by atoms with van der Waals surface area (Å²) in [5.74, 6) is 0. The summed E-state index contributed by atoms with van der Waals surface area (Å²) in [5.41, 5.74) is 4.47. The van der Waals surface area contributed by atoms with Gasteiger partial charge in [0.15, 0.2) is 0 Å². The lowest BCUT2D eigenvalue weighted by Crippen LogP contribution is -2.34. The third-order valence-corrected chi connectivity index (χ3v) is 1.97. The number of rotatable bonds is 2. The molecule has 0 amide bonds. The van der Waals surface area contributed by atoms with Crippen LogP contribution >= 0.6 is 0 Å². The number of hydrogen-bond donors (Lipinski definition) is 0. The average Bonchev–Trinajstić information content (AvgIpc) is 1.88. The molecule has 59 valence electrons. The molecule has 1 fully saturated rings. The fourth-order valence-electron chi connectivity index (χ4n) is 1.52. The molecule has 2 heteroatoms. The molecule has 1 rings (SSSR count). The maximum absolute atomic E-state index is 4.47. The summed E-state index contributed by atoms with van der Waals surface area (Å²) in [6.45, 7) is 0. The van der Waals surface area contributed by atoms with E-state index in [1.807, 2.05) is 19.1 Å². The second-order valence-electron chi connectivity index (χ2n) is 3.25. The van der Waals surface area contributed by atoms with Gasteiger partial charge < -0.3 is 0 Å². The fourth-order valence-corrected chi connectivity index (χ4v) is 1.52. The van der Waals surface area contributed by atoms with Gasteiger partial charge in [0.05, 0.1) is 0 Å². The van der Waals surface area contributed by atoms with Gasteiger partial charge in [0.1, 0.15) is 0 Å². The number of hydrogen-bond acceptors (Lipinski definition) is 1. The molecule has 0 N–H and O–H groups in total. The van der Waals surface area contributed by atoms with E-state index in [1.165, 1.54) is 32.1 Å². The van der Waals surface area contributed by atoms with E-state index in [4.69, 9.17) is 0 Å². The molecule has 0 spiro atoms. The van der Waals surface area contributed by atoms with Crippen LogP contribution in [0.25, 0.3) is 0 Å². The van der Waals surface area contributed by atoms with Crippen molar-refractivity contribution >= 4 is 0 Å². The van der Waals surface area contributed by atoms with Gasteiger partial charge in [-0.2, -0.15) is 5.43 Å². The molecule has 1 aliphatic rings. The van der Waals surface area contributed by atoms with Crippen LogP contribution in [0.3, 0.4) is 0 Å². The second-order valence-corrected chi connectivity index (χ2v) is 3.25. The molecule has 1 saturated carbocycles. The first-order valence-corrected chi connectivity index (χ1v) is 4.17. The van der Waals surface area contributed by atoms with E-state index in [9.17, 15) is 0 Å². The van der Waals surface area contributed by atoms with Crippen LogP contribution in [0.5, 0.6) is 0 Å². The lowest BCUT2D eigenvalue weighted by atomic mass is 9.96. The smallest absolute Gasteiger partial charge is 0.0418 e. The van der Waals surface area contributed by atoms with E-state index in [0.717, 1.165) is 0 Å². The largest absolute Gasteiger partial charge is 0.233 e. The quantitative estimate of drug-likeness (QED) is 0.531. The maximum Gasteiger partial charge on any atom is 0.0418 e. The van der Waals surface area contributed by atoms with Crippen LogP contribution in [-0.2, 0) is 0 Å². The third kappa shape index (κ3) is 2.67. The Morgan fingerprint density at radius 1 is 1.10 bits per heavy atom. The Hall–Kier alpha value is -0.0800. The van der Waals surface area contributed by atoms with E-state index in [0.29, 0.717) is 6.04 Å². The van der Waals surface area contributed by atoms with Crippen molar-refractivity contribution in [1.29, 1.82) is 0 Å². The summed E-state index contributed by atoms with van der Waals surface area (Å²) in [5, 5.41) is 1.94. The van der Waals surface area contributed by atoms with Crippen molar-refractivity contribution in [1.82, 2.24) is 10.4 Å². The molecule has 1 aliphatic carbocycles. The van der Waals surface area contributed by atoms with Gasteiger partial charge in [-0.1, -0.05) is 19.3 Å². The Labute approximate surface area is 63.6 Å². The Balaban J connectivity index is 2.13. The minimum atomic E-state index is 0.628. The fraction of sp³-hybridized carbons (Fsp3) is 1.00. The van der Waals surface area contributed by atoms with Crippen LogP contribution in [0.4, 0.5) is 0 Å². The van der Waals surface area contributed by atoms with Gasteiger partial charge in [0.2, 0.25) is 0 Å². The Kier molecular flexibility index (Phi) is 3.16. The predicted octanol–water partition coefficient (Wildman–Crippen LogP) is 1.40. The number of nitrogens with zero attached hydrogens (tertiary/aromatic N) is 2. The minimum absolute atomic E-state index is 0.628.